The van der Waals surface area contributed by atoms with Gasteiger partial charge in [0.05, 0.1) is 0 Å². The normalized spacial score (nSPS) is 12.3. The molecule has 0 radical (unpaired) electrons. The number of carbonyl (C=O) groups is 1. The molecule has 0 aliphatic heterocycles. The molecular weight excluding hydrogens is 201 g/mol. The molecule has 0 bridgehead atoms. The minimum absolute atomic E-state index is 0. The maximum absolute atomic E-state index is 10.7. The summed E-state index contributed by atoms with van der Waals surface area (Å²) in [7, 11) is -4.69. The van der Waals surface area contributed by atoms with Gasteiger partial charge in [0.15, 0.2) is 10.3 Å². The van der Waals surface area contributed by atoms with Crippen molar-refractivity contribution < 1.29 is 36.6 Å². The Morgan fingerprint density at radius 1 is 1.36 bits per heavy atom. The van der Waals surface area contributed by atoms with Crippen molar-refractivity contribution in [2.75, 3.05) is 0 Å². The average molecular weight is 213 g/mol. The predicted octanol–water partition coefficient (Wildman–Crippen LogP) is -2.83. The van der Waals surface area contributed by atoms with E-state index in [4.69, 9.17) is 0 Å². The predicted molar refractivity (Wildman–Crippen MR) is 46.4 cm³/mol. The van der Waals surface area contributed by atoms with Crippen LogP contribution in [0.1, 0.15) is 20.8 Å². The summed E-state index contributed by atoms with van der Waals surface area (Å²) in [5.74, 6) is -0.926. The van der Waals surface area contributed by atoms with Gasteiger partial charge in [0.2, 0.25) is 0 Å². The van der Waals surface area contributed by atoms with Crippen LogP contribution in [0.2, 0.25) is 0 Å². The second kappa shape index (κ2) is 5.56. The number of nitrogens with one attached hydrogen (secondary N) is 1. The number of hydrogen-bond donors (Lipinski definition) is 1. The molecule has 1 amide bonds. The minimum Gasteiger partial charge on any atom is -0.731 e. The topological polar surface area (TPSA) is 86.3 Å². The molecule has 0 aromatic heterocycles. The maximum atomic E-state index is 10.7. The van der Waals surface area contributed by atoms with Gasteiger partial charge in [-0.15, -0.1) is 0 Å². The van der Waals surface area contributed by atoms with Gasteiger partial charge in [-0.2, -0.15) is 0 Å². The van der Waals surface area contributed by atoms with Gasteiger partial charge in [-0.05, 0) is 5.41 Å². The van der Waals surface area contributed by atoms with Crippen LogP contribution < -0.4 is 23.6 Å². The number of hydrogen-bond acceptors (Lipinski definition) is 4. The van der Waals surface area contributed by atoms with Crippen LogP contribution in [0.25, 0.3) is 0 Å². The van der Waals surface area contributed by atoms with E-state index in [1.54, 1.807) is 0 Å². The second-order valence-electron chi connectivity index (χ2n) is 3.62. The van der Waals surface area contributed by atoms with Crippen molar-refractivity contribution in [1.29, 1.82) is 0 Å². The Hall–Kier alpha value is -0.283. The first-order valence-electron chi connectivity index (χ1n) is 3.57. The van der Waals surface area contributed by atoms with Crippen molar-refractivity contribution in [2.45, 2.75) is 20.8 Å². The summed E-state index contributed by atoms with van der Waals surface area (Å²) in [6.07, 6.45) is 2.53. The molecule has 0 atom stereocenters. The smallest absolute Gasteiger partial charge is 0.731 e. The third kappa shape index (κ3) is 11.7. The van der Waals surface area contributed by atoms with Gasteiger partial charge in [-0.25, -0.2) is 8.42 Å². The summed E-state index contributed by atoms with van der Waals surface area (Å²) in [5.41, 5.74) is -0.232. The zero-order valence-corrected chi connectivity index (χ0v) is 9.51. The molecule has 0 aromatic carbocycles. The van der Waals surface area contributed by atoms with E-state index in [0.29, 0.717) is 0 Å². The molecule has 0 aliphatic rings. The van der Waals surface area contributed by atoms with Crippen LogP contribution in [0, 0.1) is 5.41 Å². The van der Waals surface area contributed by atoms with E-state index < -0.39 is 16.2 Å². The van der Waals surface area contributed by atoms with Crippen LogP contribution in [0.3, 0.4) is 0 Å². The van der Waals surface area contributed by atoms with E-state index in [-0.39, 0.29) is 24.3 Å². The largest absolute Gasteiger partial charge is 1.00 e. The molecule has 0 heterocycles. The summed E-state index contributed by atoms with van der Waals surface area (Å²) < 4.78 is 31.4. The van der Waals surface area contributed by atoms with Crippen LogP contribution in [0.4, 0.5) is 0 Å². The Balaban J connectivity index is 0. The van der Waals surface area contributed by atoms with E-state index in [9.17, 15) is 17.8 Å². The molecule has 0 aromatic rings. The monoisotopic (exact) mass is 213 g/mol. The maximum Gasteiger partial charge on any atom is 1.00 e. The van der Waals surface area contributed by atoms with Gasteiger partial charge < -0.3 is 4.55 Å². The first-order chi connectivity index (χ1) is 5.60. The van der Waals surface area contributed by atoms with Crippen molar-refractivity contribution in [3.63, 3.8) is 0 Å². The zero-order valence-electron chi connectivity index (χ0n) is 8.70. The fourth-order valence-electron chi connectivity index (χ4n) is 0.483. The summed E-state index contributed by atoms with van der Waals surface area (Å²) in [6, 6.07) is 0. The second-order valence-corrected chi connectivity index (χ2v) is 4.73. The first-order valence-corrected chi connectivity index (χ1v) is 4.98. The van der Waals surface area contributed by atoms with Gasteiger partial charge in [0, 0.05) is 6.08 Å². The van der Waals surface area contributed by atoms with Crippen molar-refractivity contribution in [3.8, 4) is 0 Å². The van der Waals surface area contributed by atoms with Crippen molar-refractivity contribution >= 4 is 16.2 Å². The molecule has 0 saturated heterocycles. The van der Waals surface area contributed by atoms with Crippen molar-refractivity contribution in [2.24, 2.45) is 5.41 Å². The molecular formula is C7H12LiNO4S. The molecule has 7 heteroatoms. The van der Waals surface area contributed by atoms with Crippen LogP contribution in [0.5, 0.6) is 0 Å². The van der Waals surface area contributed by atoms with Crippen LogP contribution in [-0.2, 0) is 15.1 Å². The quantitative estimate of drug-likeness (QED) is 0.304. The number of amides is 1. The fraction of sp³-hybridized carbons (Fsp3) is 0.571. The van der Waals surface area contributed by atoms with E-state index in [1.165, 1.54) is 10.8 Å². The van der Waals surface area contributed by atoms with E-state index in [0.717, 1.165) is 6.08 Å². The Labute approximate surface area is 96.0 Å². The Bertz CT molecular complexity index is 315. The standard InChI is InChI=1S/C7H13NO4S.Li/c1-7(2,3)5-4-6(9)8-13(10,11)12;/h4-5H,1-3H3,(H,8,9)(H,10,11,12);/q;+1/p-1. The SMILES string of the molecule is CC(C)(C)C=CC(=O)NS(=O)(=O)[O-].[Li+]. The van der Waals surface area contributed by atoms with Crippen LogP contribution in [-0.4, -0.2) is 18.9 Å². The fourth-order valence-corrected chi connectivity index (χ4v) is 0.797. The van der Waals surface area contributed by atoms with Crippen molar-refractivity contribution in [3.05, 3.63) is 12.2 Å². The van der Waals surface area contributed by atoms with Gasteiger partial charge in [0.25, 0.3) is 5.91 Å². The molecule has 5 nitrogen and oxygen atoms in total. The molecule has 1 N–H and O–H groups in total. The summed E-state index contributed by atoms with van der Waals surface area (Å²) in [5, 5.41) is 0. The van der Waals surface area contributed by atoms with Gasteiger partial charge in [-0.3, -0.25) is 9.52 Å². The van der Waals surface area contributed by atoms with E-state index >= 15 is 0 Å². The Morgan fingerprint density at radius 3 is 2.07 bits per heavy atom. The molecule has 0 saturated carbocycles. The van der Waals surface area contributed by atoms with E-state index in [2.05, 4.69) is 0 Å². The third-order valence-corrected chi connectivity index (χ3v) is 1.41. The number of rotatable bonds is 2. The molecule has 0 spiro atoms. The average Bonchev–Trinajstić information content (AvgIpc) is 1.78. The number of allylic oxidation sites excluding steroid dienone is 1. The molecule has 0 unspecified atom stereocenters. The molecule has 0 rings (SSSR count). The van der Waals surface area contributed by atoms with E-state index in [1.807, 2.05) is 20.8 Å². The molecule has 0 aliphatic carbocycles. The number of carbonyl (C=O) groups excluding carboxylic acids is 1. The minimum atomic E-state index is -4.69. The summed E-state index contributed by atoms with van der Waals surface area (Å²) in [6.45, 7) is 5.51. The van der Waals surface area contributed by atoms with Crippen molar-refractivity contribution in [1.82, 2.24) is 4.72 Å². The van der Waals surface area contributed by atoms with Crippen LogP contribution >= 0.6 is 0 Å². The van der Waals surface area contributed by atoms with Gasteiger partial charge >= 0.3 is 18.9 Å². The Morgan fingerprint density at radius 2 is 1.79 bits per heavy atom. The summed E-state index contributed by atoms with van der Waals surface area (Å²) in [4.78, 5) is 10.7. The molecule has 0 fully saturated rings. The third-order valence-electron chi connectivity index (χ3n) is 0.960. The van der Waals surface area contributed by atoms with Crippen LogP contribution in [0.15, 0.2) is 12.2 Å². The molecule has 14 heavy (non-hydrogen) atoms. The Kier molecular flexibility index (Phi) is 6.42. The molecule has 76 valence electrons. The zero-order chi connectivity index (χ0) is 10.7. The first kappa shape index (κ1) is 16.2. The summed E-state index contributed by atoms with van der Waals surface area (Å²) >= 11 is 0. The van der Waals surface area contributed by atoms with Gasteiger partial charge in [-0.1, -0.05) is 26.8 Å². The van der Waals surface area contributed by atoms with Gasteiger partial charge in [0.1, 0.15) is 0 Å².